The molecule has 0 atom stereocenters. The van der Waals surface area contributed by atoms with Gasteiger partial charge in [0.15, 0.2) is 5.78 Å². The lowest BCUT2D eigenvalue weighted by molar-refractivity contribution is 0.0520. The number of hydrogen-bond donors (Lipinski definition) is 1. The lowest BCUT2D eigenvalue weighted by Crippen LogP contribution is -2.31. The number of ketones is 1. The maximum absolute atomic E-state index is 12.4. The molecular weight excluding hydrogens is 304 g/mol. The van der Waals surface area contributed by atoms with Crippen molar-refractivity contribution in [3.63, 3.8) is 0 Å². The predicted octanol–water partition coefficient (Wildman–Crippen LogP) is 3.40. The van der Waals surface area contributed by atoms with E-state index < -0.39 is 0 Å². The molecule has 1 aromatic carbocycles. The van der Waals surface area contributed by atoms with Crippen molar-refractivity contribution in [1.82, 2.24) is 9.88 Å². The van der Waals surface area contributed by atoms with Gasteiger partial charge in [0.05, 0.1) is 6.61 Å². The van der Waals surface area contributed by atoms with E-state index in [1.165, 1.54) is 19.3 Å². The van der Waals surface area contributed by atoms with Gasteiger partial charge in [-0.25, -0.2) is 4.79 Å². The van der Waals surface area contributed by atoms with E-state index in [0.717, 1.165) is 30.5 Å². The Bertz CT molecular complexity index is 729. The van der Waals surface area contributed by atoms with E-state index in [-0.39, 0.29) is 11.8 Å². The highest BCUT2D eigenvalue weighted by Gasteiger charge is 2.15. The molecule has 1 N–H and O–H groups in total. The minimum atomic E-state index is -0.369. The third-order valence-electron chi connectivity index (χ3n) is 4.54. The molecule has 2 aromatic rings. The number of benzene rings is 1. The topological polar surface area (TPSA) is 62.4 Å². The number of piperidine rings is 1. The highest BCUT2D eigenvalue weighted by atomic mass is 16.5. The van der Waals surface area contributed by atoms with Crippen LogP contribution in [0.15, 0.2) is 24.3 Å². The van der Waals surface area contributed by atoms with Crippen molar-refractivity contribution in [3.8, 4) is 0 Å². The first-order chi connectivity index (χ1) is 11.7. The minimum Gasteiger partial charge on any atom is -0.461 e. The van der Waals surface area contributed by atoms with Gasteiger partial charge < -0.3 is 14.6 Å². The lowest BCUT2D eigenvalue weighted by Gasteiger charge is -2.25. The molecule has 0 bridgehead atoms. The van der Waals surface area contributed by atoms with Crippen LogP contribution in [0.25, 0.3) is 10.9 Å². The van der Waals surface area contributed by atoms with Gasteiger partial charge in [0.1, 0.15) is 5.69 Å². The van der Waals surface area contributed by atoms with Crippen LogP contribution in [0.4, 0.5) is 0 Å². The predicted molar refractivity (Wildman–Crippen MR) is 93.5 cm³/mol. The van der Waals surface area contributed by atoms with Crippen LogP contribution in [-0.4, -0.2) is 47.9 Å². The van der Waals surface area contributed by atoms with Gasteiger partial charge in [0, 0.05) is 29.4 Å². The van der Waals surface area contributed by atoms with Crippen LogP contribution in [0.5, 0.6) is 0 Å². The number of hydrogen-bond acceptors (Lipinski definition) is 4. The molecule has 0 unspecified atom stereocenters. The molecule has 1 aromatic heterocycles. The molecule has 0 aliphatic carbocycles. The molecule has 1 saturated heterocycles. The van der Waals surface area contributed by atoms with Crippen molar-refractivity contribution in [1.29, 1.82) is 0 Å². The molecule has 2 heterocycles. The minimum absolute atomic E-state index is 0.154. The molecule has 1 aliphatic heterocycles. The first kappa shape index (κ1) is 16.7. The second kappa shape index (κ2) is 7.62. The molecule has 128 valence electrons. The molecule has 0 radical (unpaired) electrons. The van der Waals surface area contributed by atoms with E-state index in [1.54, 1.807) is 13.0 Å². The number of Topliss-reactive ketones (excluding diaryl/α,β-unsaturated/α-hetero) is 1. The van der Waals surface area contributed by atoms with Crippen molar-refractivity contribution < 1.29 is 14.3 Å². The summed E-state index contributed by atoms with van der Waals surface area (Å²) in [4.78, 5) is 29.6. The maximum Gasteiger partial charge on any atom is 0.354 e. The fourth-order valence-corrected chi connectivity index (χ4v) is 3.21. The van der Waals surface area contributed by atoms with Crippen LogP contribution in [0.1, 0.15) is 53.5 Å². The van der Waals surface area contributed by atoms with Gasteiger partial charge >= 0.3 is 5.97 Å². The van der Waals surface area contributed by atoms with E-state index in [2.05, 4.69) is 9.88 Å². The van der Waals surface area contributed by atoms with Gasteiger partial charge in [-0.1, -0.05) is 6.42 Å². The fourth-order valence-electron chi connectivity index (χ4n) is 3.21. The Morgan fingerprint density at radius 3 is 2.71 bits per heavy atom. The average Bonchev–Trinajstić information content (AvgIpc) is 3.04. The molecule has 3 rings (SSSR count). The molecule has 1 aliphatic rings. The van der Waals surface area contributed by atoms with Crippen LogP contribution in [-0.2, 0) is 4.74 Å². The smallest absolute Gasteiger partial charge is 0.354 e. The Hall–Kier alpha value is -2.14. The van der Waals surface area contributed by atoms with E-state index in [4.69, 9.17) is 4.74 Å². The number of carbonyl (C=O) groups is 2. The number of esters is 1. The first-order valence-electron chi connectivity index (χ1n) is 8.73. The Balaban J connectivity index is 1.67. The summed E-state index contributed by atoms with van der Waals surface area (Å²) in [5.41, 5.74) is 1.96. The van der Waals surface area contributed by atoms with Crippen LogP contribution < -0.4 is 0 Å². The summed E-state index contributed by atoms with van der Waals surface area (Å²) in [7, 11) is 0. The zero-order chi connectivity index (χ0) is 16.9. The highest BCUT2D eigenvalue weighted by Crippen LogP contribution is 2.19. The number of nitrogens with zero attached hydrogens (tertiary/aromatic N) is 1. The molecular formula is C19H24N2O3. The number of ether oxygens (including phenoxy) is 1. The van der Waals surface area contributed by atoms with E-state index in [9.17, 15) is 9.59 Å². The number of H-pyrrole nitrogens is 1. The fraction of sp³-hybridized carbons (Fsp3) is 0.474. The third kappa shape index (κ3) is 3.85. The second-order valence-corrected chi connectivity index (χ2v) is 6.28. The van der Waals surface area contributed by atoms with Gasteiger partial charge in [-0.15, -0.1) is 0 Å². The summed E-state index contributed by atoms with van der Waals surface area (Å²) in [5, 5.41) is 0.863. The summed E-state index contributed by atoms with van der Waals surface area (Å²) in [6.45, 7) is 5.16. The number of aromatic amines is 1. The Morgan fingerprint density at radius 2 is 1.96 bits per heavy atom. The van der Waals surface area contributed by atoms with Crippen molar-refractivity contribution in [2.45, 2.75) is 32.6 Å². The lowest BCUT2D eigenvalue weighted by atomic mass is 10.0. The molecule has 0 amide bonds. The maximum atomic E-state index is 12.4. The number of aromatic nitrogens is 1. The van der Waals surface area contributed by atoms with E-state index in [1.807, 2.05) is 18.2 Å². The highest BCUT2D eigenvalue weighted by molar-refractivity contribution is 6.01. The number of fused-ring (bicyclic) bond motifs is 1. The van der Waals surface area contributed by atoms with E-state index >= 15 is 0 Å². The van der Waals surface area contributed by atoms with Crippen molar-refractivity contribution in [3.05, 3.63) is 35.5 Å². The first-order valence-corrected chi connectivity index (χ1v) is 8.73. The zero-order valence-electron chi connectivity index (χ0n) is 14.1. The van der Waals surface area contributed by atoms with E-state index in [0.29, 0.717) is 24.3 Å². The summed E-state index contributed by atoms with van der Waals surface area (Å²) in [6, 6.07) is 7.28. The zero-order valence-corrected chi connectivity index (χ0v) is 14.1. The van der Waals surface area contributed by atoms with Crippen LogP contribution in [0, 0.1) is 0 Å². The van der Waals surface area contributed by atoms with Gasteiger partial charge in [-0.05, 0) is 57.1 Å². The molecule has 0 saturated carbocycles. The Morgan fingerprint density at radius 1 is 1.17 bits per heavy atom. The third-order valence-corrected chi connectivity index (χ3v) is 4.54. The number of likely N-dealkylation sites (tertiary alicyclic amines) is 1. The van der Waals surface area contributed by atoms with Gasteiger partial charge in [-0.3, -0.25) is 4.79 Å². The van der Waals surface area contributed by atoms with Gasteiger partial charge in [0.25, 0.3) is 0 Å². The van der Waals surface area contributed by atoms with Gasteiger partial charge in [0.2, 0.25) is 0 Å². The normalized spacial score (nSPS) is 15.5. The SMILES string of the molecule is CCOC(=O)c1cc2cc(C(=O)CCN3CCCCC3)ccc2[nH]1. The summed E-state index contributed by atoms with van der Waals surface area (Å²) in [6.07, 6.45) is 4.32. The van der Waals surface area contributed by atoms with Crippen molar-refractivity contribution in [2.75, 3.05) is 26.2 Å². The molecule has 0 spiro atoms. The monoisotopic (exact) mass is 328 g/mol. The van der Waals surface area contributed by atoms with Crippen LogP contribution in [0.3, 0.4) is 0 Å². The van der Waals surface area contributed by atoms with Crippen molar-refractivity contribution >= 4 is 22.7 Å². The van der Waals surface area contributed by atoms with Crippen LogP contribution in [0.2, 0.25) is 0 Å². The van der Waals surface area contributed by atoms with Crippen molar-refractivity contribution in [2.24, 2.45) is 0 Å². The second-order valence-electron chi connectivity index (χ2n) is 6.28. The number of carbonyl (C=O) groups excluding carboxylic acids is 2. The Labute approximate surface area is 142 Å². The largest absolute Gasteiger partial charge is 0.461 e. The number of rotatable bonds is 6. The molecule has 1 fully saturated rings. The summed E-state index contributed by atoms with van der Waals surface area (Å²) >= 11 is 0. The van der Waals surface area contributed by atoms with Gasteiger partial charge in [-0.2, -0.15) is 0 Å². The quantitative estimate of drug-likeness (QED) is 0.652. The van der Waals surface area contributed by atoms with Crippen LogP contribution >= 0.6 is 0 Å². The molecule has 24 heavy (non-hydrogen) atoms. The number of nitrogens with one attached hydrogen (secondary N) is 1. The molecule has 5 heteroatoms. The molecule has 5 nitrogen and oxygen atoms in total. The summed E-state index contributed by atoms with van der Waals surface area (Å²) in [5.74, 6) is -0.215. The average molecular weight is 328 g/mol. The Kier molecular flexibility index (Phi) is 5.30. The summed E-state index contributed by atoms with van der Waals surface area (Å²) < 4.78 is 5.00. The standard InChI is InChI=1S/C19H24N2O3/c1-2-24-19(23)17-13-15-12-14(6-7-16(15)20-17)18(22)8-11-21-9-4-3-5-10-21/h6-7,12-13,20H,2-5,8-11H2,1H3.